The van der Waals surface area contributed by atoms with Crippen molar-refractivity contribution in [2.45, 2.75) is 32.0 Å². The lowest BCUT2D eigenvalue weighted by Crippen LogP contribution is -2.16. The first-order valence-corrected chi connectivity index (χ1v) is 7.34. The van der Waals surface area contributed by atoms with Gasteiger partial charge in [-0.25, -0.2) is 4.39 Å². The maximum atomic E-state index is 13.6. The van der Waals surface area contributed by atoms with E-state index in [2.05, 4.69) is 10.3 Å². The summed E-state index contributed by atoms with van der Waals surface area (Å²) in [5.74, 6) is 0.241. The highest BCUT2D eigenvalue weighted by Gasteiger charge is 2.20. The van der Waals surface area contributed by atoms with Crippen molar-refractivity contribution < 1.29 is 9.13 Å². The van der Waals surface area contributed by atoms with Gasteiger partial charge in [-0.15, -0.1) is 0 Å². The average Bonchev–Trinajstić information content (AvgIpc) is 3.30. The van der Waals surface area contributed by atoms with Crippen LogP contribution in [0, 0.1) is 5.82 Å². The lowest BCUT2D eigenvalue weighted by molar-refractivity contribution is 0.298. The highest BCUT2D eigenvalue weighted by Crippen LogP contribution is 2.22. The van der Waals surface area contributed by atoms with Gasteiger partial charge in [-0.3, -0.25) is 4.98 Å². The first-order valence-electron chi connectivity index (χ1n) is 6.96. The Balaban J connectivity index is 1.57. The standard InChI is InChI=1S/C16H16ClFN2O/c17-15-2-1-3-16(18)14(15)10-21-13-7-6-12(20-9-13)8-19-11-4-5-11/h1-3,6-7,9,11,19H,4-5,8,10H2. The molecule has 1 N–H and O–H groups in total. The summed E-state index contributed by atoms with van der Waals surface area (Å²) < 4.78 is 19.2. The average molecular weight is 307 g/mol. The smallest absolute Gasteiger partial charge is 0.138 e. The summed E-state index contributed by atoms with van der Waals surface area (Å²) >= 11 is 5.95. The van der Waals surface area contributed by atoms with Gasteiger partial charge in [-0.2, -0.15) is 0 Å². The lowest BCUT2D eigenvalue weighted by Gasteiger charge is -2.09. The fourth-order valence-corrected chi connectivity index (χ4v) is 2.18. The van der Waals surface area contributed by atoms with Crippen LogP contribution in [0.1, 0.15) is 24.1 Å². The molecular weight excluding hydrogens is 291 g/mol. The summed E-state index contributed by atoms with van der Waals surface area (Å²) in [5.41, 5.74) is 1.33. The minimum absolute atomic E-state index is 0.0901. The Bertz CT molecular complexity index is 594. The third-order valence-corrected chi connectivity index (χ3v) is 3.75. The van der Waals surface area contributed by atoms with Crippen molar-refractivity contribution in [1.29, 1.82) is 0 Å². The number of nitrogens with zero attached hydrogens (tertiary/aromatic N) is 1. The molecule has 0 atom stereocenters. The SMILES string of the molecule is Fc1cccc(Cl)c1COc1ccc(CNC2CC2)nc1. The molecule has 0 saturated heterocycles. The molecule has 0 aliphatic heterocycles. The van der Waals surface area contributed by atoms with E-state index in [-0.39, 0.29) is 12.4 Å². The van der Waals surface area contributed by atoms with Gasteiger partial charge in [0.2, 0.25) is 0 Å². The van der Waals surface area contributed by atoms with E-state index in [9.17, 15) is 4.39 Å². The zero-order valence-corrected chi connectivity index (χ0v) is 12.2. The molecule has 110 valence electrons. The first kappa shape index (κ1) is 14.3. The molecule has 5 heteroatoms. The quantitative estimate of drug-likeness (QED) is 0.883. The predicted molar refractivity (Wildman–Crippen MR) is 79.8 cm³/mol. The zero-order valence-electron chi connectivity index (χ0n) is 11.5. The molecule has 0 amide bonds. The normalized spacial score (nSPS) is 14.2. The fraction of sp³-hybridized carbons (Fsp3) is 0.312. The molecule has 1 aromatic carbocycles. The summed E-state index contributed by atoms with van der Waals surface area (Å²) in [7, 11) is 0. The molecule has 0 bridgehead atoms. The second-order valence-corrected chi connectivity index (χ2v) is 5.54. The van der Waals surface area contributed by atoms with Gasteiger partial charge in [0.25, 0.3) is 0 Å². The van der Waals surface area contributed by atoms with Crippen LogP contribution in [0.25, 0.3) is 0 Å². The van der Waals surface area contributed by atoms with Crippen LogP contribution in [0.5, 0.6) is 5.75 Å². The maximum absolute atomic E-state index is 13.6. The molecule has 3 rings (SSSR count). The Morgan fingerprint density at radius 3 is 2.81 bits per heavy atom. The number of hydrogen-bond donors (Lipinski definition) is 1. The van der Waals surface area contributed by atoms with Crippen molar-refractivity contribution in [3.05, 3.63) is 58.6 Å². The summed E-state index contributed by atoms with van der Waals surface area (Å²) in [6.07, 6.45) is 4.16. The third-order valence-electron chi connectivity index (χ3n) is 3.39. The van der Waals surface area contributed by atoms with Gasteiger partial charge >= 0.3 is 0 Å². The molecule has 0 spiro atoms. The number of rotatable bonds is 6. The van der Waals surface area contributed by atoms with Gasteiger partial charge in [-0.05, 0) is 37.1 Å². The van der Waals surface area contributed by atoms with Crippen molar-refractivity contribution >= 4 is 11.6 Å². The van der Waals surface area contributed by atoms with E-state index in [1.54, 1.807) is 18.3 Å². The van der Waals surface area contributed by atoms with Crippen molar-refractivity contribution in [3.63, 3.8) is 0 Å². The van der Waals surface area contributed by atoms with Crippen LogP contribution in [0.4, 0.5) is 4.39 Å². The molecule has 1 saturated carbocycles. The van der Waals surface area contributed by atoms with E-state index >= 15 is 0 Å². The van der Waals surface area contributed by atoms with Crippen LogP contribution >= 0.6 is 11.6 Å². The molecule has 1 aliphatic rings. The van der Waals surface area contributed by atoms with Crippen LogP contribution in [0.3, 0.4) is 0 Å². The number of halogens is 2. The molecule has 3 nitrogen and oxygen atoms in total. The molecule has 2 aromatic rings. The summed E-state index contributed by atoms with van der Waals surface area (Å²) in [5, 5.41) is 3.76. The number of benzene rings is 1. The number of hydrogen-bond acceptors (Lipinski definition) is 3. The second-order valence-electron chi connectivity index (χ2n) is 5.13. The Morgan fingerprint density at radius 1 is 1.29 bits per heavy atom. The van der Waals surface area contributed by atoms with Crippen molar-refractivity contribution in [2.75, 3.05) is 0 Å². The van der Waals surface area contributed by atoms with E-state index in [1.165, 1.54) is 18.9 Å². The topological polar surface area (TPSA) is 34.1 Å². The zero-order chi connectivity index (χ0) is 14.7. The Morgan fingerprint density at radius 2 is 2.14 bits per heavy atom. The molecule has 0 unspecified atom stereocenters. The summed E-state index contributed by atoms with van der Waals surface area (Å²) in [6, 6.07) is 9.00. The highest BCUT2D eigenvalue weighted by molar-refractivity contribution is 6.31. The molecule has 21 heavy (non-hydrogen) atoms. The first-order chi connectivity index (χ1) is 10.2. The molecule has 1 aliphatic carbocycles. The molecule has 1 heterocycles. The Hall–Kier alpha value is -1.65. The molecule has 1 aromatic heterocycles. The minimum Gasteiger partial charge on any atom is -0.487 e. The lowest BCUT2D eigenvalue weighted by atomic mass is 10.2. The number of nitrogens with one attached hydrogen (secondary N) is 1. The molecular formula is C16H16ClFN2O. The van der Waals surface area contributed by atoms with Gasteiger partial charge < -0.3 is 10.1 Å². The van der Waals surface area contributed by atoms with Crippen molar-refractivity contribution in [2.24, 2.45) is 0 Å². The molecule has 1 fully saturated rings. The van der Waals surface area contributed by atoms with Crippen LogP contribution < -0.4 is 10.1 Å². The van der Waals surface area contributed by atoms with E-state index in [0.717, 1.165) is 12.2 Å². The Kier molecular flexibility index (Phi) is 4.36. The van der Waals surface area contributed by atoms with Gasteiger partial charge in [0.1, 0.15) is 18.2 Å². The predicted octanol–water partition coefficient (Wildman–Crippen LogP) is 3.71. The fourth-order valence-electron chi connectivity index (χ4n) is 1.96. The van der Waals surface area contributed by atoms with Gasteiger partial charge in [0.05, 0.1) is 16.9 Å². The maximum Gasteiger partial charge on any atom is 0.138 e. The van der Waals surface area contributed by atoms with Crippen LogP contribution in [0.2, 0.25) is 5.02 Å². The van der Waals surface area contributed by atoms with Crippen LogP contribution in [0.15, 0.2) is 36.5 Å². The second kappa shape index (κ2) is 6.41. The van der Waals surface area contributed by atoms with Gasteiger partial charge in [0, 0.05) is 18.2 Å². The van der Waals surface area contributed by atoms with Crippen LogP contribution in [-0.4, -0.2) is 11.0 Å². The van der Waals surface area contributed by atoms with E-state index in [4.69, 9.17) is 16.3 Å². The van der Waals surface area contributed by atoms with Gasteiger partial charge in [-0.1, -0.05) is 17.7 Å². The van der Waals surface area contributed by atoms with E-state index in [0.29, 0.717) is 22.4 Å². The van der Waals surface area contributed by atoms with E-state index < -0.39 is 0 Å². The molecule has 0 radical (unpaired) electrons. The van der Waals surface area contributed by atoms with Crippen molar-refractivity contribution in [1.82, 2.24) is 10.3 Å². The van der Waals surface area contributed by atoms with E-state index in [1.807, 2.05) is 12.1 Å². The minimum atomic E-state index is -0.360. The highest BCUT2D eigenvalue weighted by atomic mass is 35.5. The number of aromatic nitrogens is 1. The summed E-state index contributed by atoms with van der Waals surface area (Å²) in [4.78, 5) is 4.32. The van der Waals surface area contributed by atoms with Gasteiger partial charge in [0.15, 0.2) is 0 Å². The van der Waals surface area contributed by atoms with Crippen LogP contribution in [-0.2, 0) is 13.2 Å². The largest absolute Gasteiger partial charge is 0.487 e. The van der Waals surface area contributed by atoms with Crippen molar-refractivity contribution in [3.8, 4) is 5.75 Å². The third kappa shape index (κ3) is 3.93. The number of pyridine rings is 1. The Labute approximate surface area is 128 Å². The summed E-state index contributed by atoms with van der Waals surface area (Å²) in [6.45, 7) is 0.858. The monoisotopic (exact) mass is 306 g/mol. The number of ether oxygens (including phenoxy) is 1.